The van der Waals surface area contributed by atoms with E-state index < -0.39 is 0 Å². The van der Waals surface area contributed by atoms with Crippen LogP contribution in [0.5, 0.6) is 0 Å². The molecule has 90 valence electrons. The Kier molecular flexibility index (Phi) is 2.28. The van der Waals surface area contributed by atoms with Crippen LogP contribution in [0.2, 0.25) is 0 Å². The molecule has 0 saturated carbocycles. The zero-order chi connectivity index (χ0) is 12.0. The van der Waals surface area contributed by atoms with Gasteiger partial charge < -0.3 is 9.47 Å². The third kappa shape index (κ3) is 1.41. The molecule has 2 aromatic heterocycles. The van der Waals surface area contributed by atoms with Crippen LogP contribution in [0.25, 0.3) is 11.2 Å². The van der Waals surface area contributed by atoms with E-state index in [1.54, 1.807) is 6.33 Å². The molecule has 0 aromatic carbocycles. The Morgan fingerprint density at radius 2 is 2.12 bits per heavy atom. The Morgan fingerprint density at radius 1 is 1.29 bits per heavy atom. The first-order valence-electron chi connectivity index (χ1n) is 6.14. The Morgan fingerprint density at radius 3 is 2.76 bits per heavy atom. The van der Waals surface area contributed by atoms with Crippen molar-refractivity contribution in [2.45, 2.75) is 33.4 Å². The lowest BCUT2D eigenvalue weighted by Crippen LogP contribution is -2.53. The summed E-state index contributed by atoms with van der Waals surface area (Å²) in [6.07, 6.45) is 3.48. The summed E-state index contributed by atoms with van der Waals surface area (Å²) in [6.45, 7) is 8.55. The molecule has 0 aliphatic carbocycles. The predicted molar refractivity (Wildman–Crippen MR) is 67.0 cm³/mol. The van der Waals surface area contributed by atoms with Gasteiger partial charge in [0.15, 0.2) is 17.0 Å². The highest BCUT2D eigenvalue weighted by molar-refractivity contribution is 5.83. The van der Waals surface area contributed by atoms with Crippen LogP contribution in [-0.2, 0) is 6.54 Å². The van der Waals surface area contributed by atoms with Crippen molar-refractivity contribution in [2.24, 2.45) is 5.92 Å². The fourth-order valence-electron chi connectivity index (χ4n) is 2.39. The molecule has 3 rings (SSSR count). The SMILES string of the molecule is CCn1cnc2c(N3C[C@H](C)[C@H]3C)ncnc21. The van der Waals surface area contributed by atoms with Crippen molar-refractivity contribution in [3.63, 3.8) is 0 Å². The van der Waals surface area contributed by atoms with Crippen LogP contribution in [0, 0.1) is 5.92 Å². The molecular weight excluding hydrogens is 214 g/mol. The third-order valence-electron chi connectivity index (χ3n) is 3.79. The summed E-state index contributed by atoms with van der Waals surface area (Å²) in [6, 6.07) is 0.542. The maximum Gasteiger partial charge on any atom is 0.165 e. The number of aromatic nitrogens is 4. The Hall–Kier alpha value is -1.65. The van der Waals surface area contributed by atoms with E-state index in [4.69, 9.17) is 0 Å². The van der Waals surface area contributed by atoms with Crippen LogP contribution in [-0.4, -0.2) is 32.1 Å². The van der Waals surface area contributed by atoms with Gasteiger partial charge in [0.05, 0.1) is 6.33 Å². The maximum atomic E-state index is 4.45. The molecule has 0 radical (unpaired) electrons. The number of nitrogens with zero attached hydrogens (tertiary/aromatic N) is 5. The largest absolute Gasteiger partial charge is 0.351 e. The van der Waals surface area contributed by atoms with E-state index in [0.717, 1.165) is 36.0 Å². The van der Waals surface area contributed by atoms with Crippen molar-refractivity contribution in [1.82, 2.24) is 19.5 Å². The molecule has 0 unspecified atom stereocenters. The zero-order valence-electron chi connectivity index (χ0n) is 10.5. The molecule has 0 N–H and O–H groups in total. The highest BCUT2D eigenvalue weighted by atomic mass is 15.3. The van der Waals surface area contributed by atoms with E-state index in [-0.39, 0.29) is 0 Å². The quantitative estimate of drug-likeness (QED) is 0.789. The number of aryl methyl sites for hydroxylation is 1. The van der Waals surface area contributed by atoms with Gasteiger partial charge in [0.2, 0.25) is 0 Å². The van der Waals surface area contributed by atoms with E-state index in [1.165, 1.54) is 0 Å². The molecule has 17 heavy (non-hydrogen) atoms. The second-order valence-electron chi connectivity index (χ2n) is 4.77. The molecule has 0 amide bonds. The van der Waals surface area contributed by atoms with Gasteiger partial charge in [0, 0.05) is 19.1 Å². The molecule has 5 heteroatoms. The topological polar surface area (TPSA) is 46.8 Å². The minimum Gasteiger partial charge on any atom is -0.351 e. The summed E-state index contributed by atoms with van der Waals surface area (Å²) >= 11 is 0. The number of rotatable bonds is 2. The summed E-state index contributed by atoms with van der Waals surface area (Å²) in [5.74, 6) is 1.71. The zero-order valence-corrected chi connectivity index (χ0v) is 10.5. The minimum absolute atomic E-state index is 0.542. The number of imidazole rings is 1. The highest BCUT2D eigenvalue weighted by Crippen LogP contribution is 2.32. The summed E-state index contributed by atoms with van der Waals surface area (Å²) in [4.78, 5) is 15.5. The van der Waals surface area contributed by atoms with Gasteiger partial charge in [-0.05, 0) is 19.8 Å². The first-order valence-corrected chi connectivity index (χ1v) is 6.14. The first kappa shape index (κ1) is 10.5. The fraction of sp³-hybridized carbons (Fsp3) is 0.583. The molecule has 1 aliphatic rings. The first-order chi connectivity index (χ1) is 8.22. The predicted octanol–water partition coefficient (Wildman–Crippen LogP) is 1.69. The molecule has 1 saturated heterocycles. The van der Waals surface area contributed by atoms with Gasteiger partial charge in [-0.1, -0.05) is 6.92 Å². The summed E-state index contributed by atoms with van der Waals surface area (Å²) in [7, 11) is 0. The highest BCUT2D eigenvalue weighted by Gasteiger charge is 2.34. The van der Waals surface area contributed by atoms with Crippen molar-refractivity contribution in [3.8, 4) is 0 Å². The van der Waals surface area contributed by atoms with E-state index in [1.807, 2.05) is 10.9 Å². The molecule has 1 aliphatic heterocycles. The molecule has 3 heterocycles. The van der Waals surface area contributed by atoms with Gasteiger partial charge in [-0.2, -0.15) is 0 Å². The van der Waals surface area contributed by atoms with Gasteiger partial charge in [-0.15, -0.1) is 0 Å². The molecule has 0 bridgehead atoms. The van der Waals surface area contributed by atoms with E-state index in [2.05, 4.69) is 40.6 Å². The maximum absolute atomic E-state index is 4.45. The van der Waals surface area contributed by atoms with Gasteiger partial charge in [0.25, 0.3) is 0 Å². The van der Waals surface area contributed by atoms with Crippen LogP contribution in [0.15, 0.2) is 12.7 Å². The normalized spacial score (nSPS) is 24.1. The molecule has 0 spiro atoms. The minimum atomic E-state index is 0.542. The molecule has 2 aromatic rings. The Balaban J connectivity index is 2.08. The third-order valence-corrected chi connectivity index (χ3v) is 3.79. The van der Waals surface area contributed by atoms with Crippen LogP contribution < -0.4 is 4.90 Å². The van der Waals surface area contributed by atoms with Crippen molar-refractivity contribution in [2.75, 3.05) is 11.4 Å². The second kappa shape index (κ2) is 3.68. The number of anilines is 1. The van der Waals surface area contributed by atoms with E-state index in [9.17, 15) is 0 Å². The van der Waals surface area contributed by atoms with Crippen LogP contribution in [0.1, 0.15) is 20.8 Å². The number of fused-ring (bicyclic) bond motifs is 1. The van der Waals surface area contributed by atoms with Crippen LogP contribution in [0.4, 0.5) is 5.82 Å². The van der Waals surface area contributed by atoms with E-state index >= 15 is 0 Å². The Labute approximate surface area is 100 Å². The summed E-state index contributed by atoms with van der Waals surface area (Å²) in [5.41, 5.74) is 1.86. The monoisotopic (exact) mass is 231 g/mol. The van der Waals surface area contributed by atoms with Crippen molar-refractivity contribution < 1.29 is 0 Å². The molecular formula is C12H17N5. The summed E-state index contributed by atoms with van der Waals surface area (Å²) in [5, 5.41) is 0. The average Bonchev–Trinajstić information content (AvgIpc) is 2.78. The lowest BCUT2D eigenvalue weighted by atomic mass is 9.92. The number of hydrogen-bond acceptors (Lipinski definition) is 4. The number of hydrogen-bond donors (Lipinski definition) is 0. The van der Waals surface area contributed by atoms with Gasteiger partial charge in [0.1, 0.15) is 6.33 Å². The standard InChI is InChI=1S/C12H17N5/c1-4-16-7-15-10-11(16)13-6-14-12(10)17-5-8(2)9(17)3/h6-9H,4-5H2,1-3H3/t8-,9+/m0/s1. The van der Waals surface area contributed by atoms with Crippen molar-refractivity contribution in [1.29, 1.82) is 0 Å². The van der Waals surface area contributed by atoms with Gasteiger partial charge in [-0.3, -0.25) is 0 Å². The lowest BCUT2D eigenvalue weighted by molar-refractivity contribution is 0.338. The average molecular weight is 231 g/mol. The lowest BCUT2D eigenvalue weighted by Gasteiger charge is -2.45. The van der Waals surface area contributed by atoms with Crippen LogP contribution in [0.3, 0.4) is 0 Å². The van der Waals surface area contributed by atoms with Gasteiger partial charge in [-0.25, -0.2) is 15.0 Å². The molecule has 2 atom stereocenters. The smallest absolute Gasteiger partial charge is 0.165 e. The van der Waals surface area contributed by atoms with Crippen LogP contribution >= 0.6 is 0 Å². The van der Waals surface area contributed by atoms with Crippen molar-refractivity contribution in [3.05, 3.63) is 12.7 Å². The fourth-order valence-corrected chi connectivity index (χ4v) is 2.39. The van der Waals surface area contributed by atoms with Gasteiger partial charge >= 0.3 is 0 Å². The second-order valence-corrected chi connectivity index (χ2v) is 4.77. The molecule has 5 nitrogen and oxygen atoms in total. The summed E-state index contributed by atoms with van der Waals surface area (Å²) < 4.78 is 2.05. The van der Waals surface area contributed by atoms with E-state index in [0.29, 0.717) is 6.04 Å². The molecule has 1 fully saturated rings. The van der Waals surface area contributed by atoms with Crippen molar-refractivity contribution >= 4 is 17.0 Å². The Bertz CT molecular complexity index is 547.